The van der Waals surface area contributed by atoms with Crippen LogP contribution in [0.5, 0.6) is 0 Å². The van der Waals surface area contributed by atoms with Crippen molar-refractivity contribution >= 4 is 17.9 Å². The van der Waals surface area contributed by atoms with Gasteiger partial charge in [0.2, 0.25) is 11.8 Å². The molecule has 0 saturated carbocycles. The lowest BCUT2D eigenvalue weighted by atomic mass is 9.95. The lowest BCUT2D eigenvalue weighted by Crippen LogP contribution is -2.46. The first-order valence-electron chi connectivity index (χ1n) is 8.42. The molecule has 1 fully saturated rings. The predicted octanol–water partition coefficient (Wildman–Crippen LogP) is 1.78. The van der Waals surface area contributed by atoms with Crippen molar-refractivity contribution in [1.82, 2.24) is 9.80 Å². The Hall–Kier alpha value is -2.14. The van der Waals surface area contributed by atoms with Gasteiger partial charge in [0.1, 0.15) is 0 Å². The minimum Gasteiger partial charge on any atom is -0.394 e. The average molecular weight is 330 g/mol. The van der Waals surface area contributed by atoms with Crippen molar-refractivity contribution in [3.63, 3.8) is 0 Å². The van der Waals surface area contributed by atoms with Crippen LogP contribution in [0.3, 0.4) is 0 Å². The van der Waals surface area contributed by atoms with E-state index in [1.165, 1.54) is 0 Å². The number of hydrogen-bond acceptors (Lipinski definition) is 3. The third-order valence-electron chi connectivity index (χ3n) is 4.65. The van der Waals surface area contributed by atoms with Gasteiger partial charge in [-0.3, -0.25) is 9.59 Å². The molecule has 5 heteroatoms. The number of aliphatic hydroxyl groups is 1. The number of piperidine rings is 1. The van der Waals surface area contributed by atoms with E-state index in [1.807, 2.05) is 43.3 Å². The molecule has 0 bridgehead atoms. The molecule has 1 saturated heterocycles. The summed E-state index contributed by atoms with van der Waals surface area (Å²) in [6, 6.07) is 9.54. The van der Waals surface area contributed by atoms with Gasteiger partial charge in [-0.2, -0.15) is 0 Å². The fourth-order valence-corrected chi connectivity index (χ4v) is 2.81. The van der Waals surface area contributed by atoms with Crippen LogP contribution < -0.4 is 0 Å². The average Bonchev–Trinajstić information content (AvgIpc) is 2.65. The lowest BCUT2D eigenvalue weighted by molar-refractivity contribution is -0.140. The van der Waals surface area contributed by atoms with Crippen LogP contribution in [0.15, 0.2) is 36.4 Å². The smallest absolute Gasteiger partial charge is 0.246 e. The second-order valence-electron chi connectivity index (χ2n) is 6.32. The zero-order chi connectivity index (χ0) is 17.5. The van der Waals surface area contributed by atoms with Crippen molar-refractivity contribution < 1.29 is 14.7 Å². The van der Waals surface area contributed by atoms with Crippen LogP contribution in [0.25, 0.3) is 6.08 Å². The zero-order valence-electron chi connectivity index (χ0n) is 14.4. The Kier molecular flexibility index (Phi) is 6.55. The molecule has 1 aliphatic heterocycles. The fraction of sp³-hybridized carbons (Fsp3) is 0.474. The fourth-order valence-electron chi connectivity index (χ4n) is 2.81. The van der Waals surface area contributed by atoms with Crippen molar-refractivity contribution in [3.8, 4) is 0 Å². The number of hydrogen-bond donors (Lipinski definition) is 1. The first kappa shape index (κ1) is 18.2. The van der Waals surface area contributed by atoms with Crippen LogP contribution in [-0.2, 0) is 9.59 Å². The van der Waals surface area contributed by atoms with E-state index in [-0.39, 0.29) is 30.4 Å². The third-order valence-corrected chi connectivity index (χ3v) is 4.65. The lowest BCUT2D eigenvalue weighted by Gasteiger charge is -2.34. The number of nitrogens with zero attached hydrogens (tertiary/aromatic N) is 2. The Morgan fingerprint density at radius 1 is 1.29 bits per heavy atom. The first-order valence-corrected chi connectivity index (χ1v) is 8.42. The minimum atomic E-state index is -0.175. The molecule has 1 aromatic rings. The molecule has 2 rings (SSSR count). The highest BCUT2D eigenvalue weighted by Gasteiger charge is 2.29. The van der Waals surface area contributed by atoms with Gasteiger partial charge >= 0.3 is 0 Å². The van der Waals surface area contributed by atoms with E-state index < -0.39 is 0 Å². The van der Waals surface area contributed by atoms with Crippen LogP contribution in [0.4, 0.5) is 0 Å². The topological polar surface area (TPSA) is 60.9 Å². The first-order chi connectivity index (χ1) is 11.5. The standard InChI is InChI=1S/C19H26N2O3/c1-15(14-22)20(2)19(24)17-10-12-21(13-11-17)18(23)9-8-16-6-4-3-5-7-16/h3-9,15,17,22H,10-14H2,1-2H3/b9-8+. The summed E-state index contributed by atoms with van der Waals surface area (Å²) < 4.78 is 0. The molecular formula is C19H26N2O3. The highest BCUT2D eigenvalue weighted by atomic mass is 16.3. The van der Waals surface area contributed by atoms with Crippen LogP contribution in [0, 0.1) is 5.92 Å². The Labute approximate surface area is 143 Å². The van der Waals surface area contributed by atoms with E-state index in [9.17, 15) is 9.59 Å². The number of rotatable bonds is 5. The molecule has 0 radical (unpaired) electrons. The van der Waals surface area contributed by atoms with E-state index in [2.05, 4.69) is 0 Å². The van der Waals surface area contributed by atoms with Gasteiger partial charge in [0.05, 0.1) is 12.6 Å². The summed E-state index contributed by atoms with van der Waals surface area (Å²) in [7, 11) is 1.73. The van der Waals surface area contributed by atoms with Gasteiger partial charge in [0, 0.05) is 32.1 Å². The summed E-state index contributed by atoms with van der Waals surface area (Å²) in [5.74, 6) is -0.0172. The summed E-state index contributed by atoms with van der Waals surface area (Å²) in [6.07, 6.45) is 4.76. The second kappa shape index (κ2) is 8.64. The molecule has 0 spiro atoms. The van der Waals surface area contributed by atoms with Gasteiger partial charge in [-0.1, -0.05) is 30.3 Å². The molecule has 1 N–H and O–H groups in total. The number of amides is 2. The van der Waals surface area contributed by atoms with Gasteiger partial charge in [-0.05, 0) is 31.4 Å². The molecule has 1 atom stereocenters. The normalized spacial score (nSPS) is 17.0. The third kappa shape index (κ3) is 4.68. The van der Waals surface area contributed by atoms with Gasteiger partial charge in [0.15, 0.2) is 0 Å². The minimum absolute atomic E-state index is 0.0122. The molecule has 130 valence electrons. The van der Waals surface area contributed by atoms with Crippen LogP contribution >= 0.6 is 0 Å². The SMILES string of the molecule is CC(CO)N(C)C(=O)C1CCN(C(=O)/C=C/c2ccccc2)CC1. The molecule has 1 aliphatic rings. The Balaban J connectivity index is 1.85. The zero-order valence-corrected chi connectivity index (χ0v) is 14.4. The van der Waals surface area contributed by atoms with Gasteiger partial charge in [-0.15, -0.1) is 0 Å². The van der Waals surface area contributed by atoms with Gasteiger partial charge in [-0.25, -0.2) is 0 Å². The largest absolute Gasteiger partial charge is 0.394 e. The monoisotopic (exact) mass is 330 g/mol. The second-order valence-corrected chi connectivity index (χ2v) is 6.32. The number of aliphatic hydroxyl groups excluding tert-OH is 1. The van der Waals surface area contributed by atoms with E-state index in [0.29, 0.717) is 25.9 Å². The van der Waals surface area contributed by atoms with E-state index in [0.717, 1.165) is 5.56 Å². The molecule has 24 heavy (non-hydrogen) atoms. The van der Waals surface area contributed by atoms with E-state index in [4.69, 9.17) is 5.11 Å². The van der Waals surface area contributed by atoms with E-state index in [1.54, 1.807) is 22.9 Å². The predicted molar refractivity (Wildman–Crippen MR) is 94.1 cm³/mol. The van der Waals surface area contributed by atoms with Crippen molar-refractivity contribution in [3.05, 3.63) is 42.0 Å². The molecule has 5 nitrogen and oxygen atoms in total. The summed E-state index contributed by atoms with van der Waals surface area (Å²) in [6.45, 7) is 2.97. The van der Waals surface area contributed by atoms with Crippen LogP contribution in [-0.4, -0.2) is 59.5 Å². The number of carbonyl (C=O) groups is 2. The van der Waals surface area contributed by atoms with Gasteiger partial charge < -0.3 is 14.9 Å². The Morgan fingerprint density at radius 2 is 1.92 bits per heavy atom. The number of benzene rings is 1. The molecule has 0 aromatic heterocycles. The van der Waals surface area contributed by atoms with Crippen LogP contribution in [0.2, 0.25) is 0 Å². The highest BCUT2D eigenvalue weighted by Crippen LogP contribution is 2.20. The Bertz CT molecular complexity index is 578. The maximum absolute atomic E-state index is 12.4. The van der Waals surface area contributed by atoms with Crippen LogP contribution in [0.1, 0.15) is 25.3 Å². The molecule has 1 aromatic carbocycles. The summed E-state index contributed by atoms with van der Waals surface area (Å²) in [5, 5.41) is 9.17. The quantitative estimate of drug-likeness (QED) is 0.837. The van der Waals surface area contributed by atoms with Crippen molar-refractivity contribution in [2.45, 2.75) is 25.8 Å². The molecular weight excluding hydrogens is 304 g/mol. The molecule has 2 amide bonds. The Morgan fingerprint density at radius 3 is 2.50 bits per heavy atom. The summed E-state index contributed by atoms with van der Waals surface area (Å²) in [4.78, 5) is 28.0. The van der Waals surface area contributed by atoms with Crippen molar-refractivity contribution in [1.29, 1.82) is 0 Å². The molecule has 1 unspecified atom stereocenters. The maximum atomic E-state index is 12.4. The maximum Gasteiger partial charge on any atom is 0.246 e. The molecule has 1 heterocycles. The number of likely N-dealkylation sites (tertiary alicyclic amines) is 1. The number of likely N-dealkylation sites (N-methyl/N-ethyl adjacent to an activating group) is 1. The summed E-state index contributed by atoms with van der Waals surface area (Å²) in [5.41, 5.74) is 0.996. The number of carbonyl (C=O) groups excluding carboxylic acids is 2. The van der Waals surface area contributed by atoms with Gasteiger partial charge in [0.25, 0.3) is 0 Å². The van der Waals surface area contributed by atoms with E-state index >= 15 is 0 Å². The summed E-state index contributed by atoms with van der Waals surface area (Å²) >= 11 is 0. The van der Waals surface area contributed by atoms with Crippen molar-refractivity contribution in [2.75, 3.05) is 26.7 Å². The van der Waals surface area contributed by atoms with Crippen molar-refractivity contribution in [2.24, 2.45) is 5.92 Å². The highest BCUT2D eigenvalue weighted by molar-refractivity contribution is 5.92. The molecule has 0 aliphatic carbocycles.